The summed E-state index contributed by atoms with van der Waals surface area (Å²) in [6.45, 7) is 2.57. The highest BCUT2D eigenvalue weighted by Crippen LogP contribution is 2.19. The molecule has 1 heterocycles. The van der Waals surface area contributed by atoms with E-state index < -0.39 is 0 Å². The topological polar surface area (TPSA) is 56.2 Å². The Morgan fingerprint density at radius 1 is 1.75 bits per heavy atom. The number of aromatic nitrogens is 2. The van der Waals surface area contributed by atoms with Crippen molar-refractivity contribution in [2.75, 3.05) is 7.11 Å². The zero-order chi connectivity index (χ0) is 11.5. The molecule has 1 aromatic rings. The van der Waals surface area contributed by atoms with Crippen molar-refractivity contribution in [2.45, 2.75) is 38.4 Å². The fourth-order valence-electron chi connectivity index (χ4n) is 1.51. The van der Waals surface area contributed by atoms with Gasteiger partial charge >= 0.3 is 5.97 Å². The molecular formula is C11H17N3O2. The first-order chi connectivity index (χ1) is 7.70. The highest BCUT2D eigenvalue weighted by molar-refractivity contribution is 5.73. The van der Waals surface area contributed by atoms with Gasteiger partial charge in [-0.05, 0) is 19.8 Å². The lowest BCUT2D eigenvalue weighted by atomic mass is 10.3. The Morgan fingerprint density at radius 2 is 2.50 bits per heavy atom. The molecule has 0 amide bonds. The molecule has 0 saturated heterocycles. The van der Waals surface area contributed by atoms with E-state index in [4.69, 9.17) is 0 Å². The van der Waals surface area contributed by atoms with Crippen LogP contribution in [0.2, 0.25) is 0 Å². The molecule has 1 aliphatic carbocycles. The van der Waals surface area contributed by atoms with Gasteiger partial charge in [0, 0.05) is 18.8 Å². The molecule has 1 saturated carbocycles. The van der Waals surface area contributed by atoms with E-state index in [0.29, 0.717) is 6.04 Å². The van der Waals surface area contributed by atoms with Gasteiger partial charge in [-0.15, -0.1) is 0 Å². The second-order valence-electron chi connectivity index (χ2n) is 4.17. The first-order valence-corrected chi connectivity index (χ1v) is 5.54. The molecule has 0 bridgehead atoms. The third-order valence-corrected chi connectivity index (χ3v) is 2.79. The smallest absolute Gasteiger partial charge is 0.328 e. The van der Waals surface area contributed by atoms with Gasteiger partial charge in [-0.2, -0.15) is 0 Å². The van der Waals surface area contributed by atoms with E-state index in [9.17, 15) is 4.79 Å². The zero-order valence-corrected chi connectivity index (χ0v) is 9.64. The molecule has 88 valence electrons. The van der Waals surface area contributed by atoms with Gasteiger partial charge in [-0.3, -0.25) is 0 Å². The Labute approximate surface area is 94.8 Å². The summed E-state index contributed by atoms with van der Waals surface area (Å²) >= 11 is 0. The Bertz CT molecular complexity index is 371. The lowest BCUT2D eigenvalue weighted by molar-refractivity contribution is -0.144. The van der Waals surface area contributed by atoms with Crippen molar-refractivity contribution in [3.63, 3.8) is 0 Å². The van der Waals surface area contributed by atoms with Crippen LogP contribution in [-0.4, -0.2) is 28.7 Å². The van der Waals surface area contributed by atoms with E-state index in [0.717, 1.165) is 12.2 Å². The van der Waals surface area contributed by atoms with Crippen molar-refractivity contribution in [2.24, 2.45) is 0 Å². The molecule has 0 aliphatic heterocycles. The highest BCUT2D eigenvalue weighted by Gasteiger charge is 2.21. The second-order valence-corrected chi connectivity index (χ2v) is 4.17. The Kier molecular flexibility index (Phi) is 3.24. The number of carbonyl (C=O) groups is 1. The summed E-state index contributed by atoms with van der Waals surface area (Å²) < 4.78 is 6.45. The predicted octanol–water partition coefficient (Wildman–Crippen LogP) is 0.869. The summed E-state index contributed by atoms with van der Waals surface area (Å²) in [5, 5.41) is 3.38. The zero-order valence-electron chi connectivity index (χ0n) is 9.64. The number of imidazole rings is 1. The minimum atomic E-state index is -0.313. The monoisotopic (exact) mass is 223 g/mol. The predicted molar refractivity (Wildman–Crippen MR) is 58.8 cm³/mol. The SMILES string of the molecule is COC(=O)C(C)n1cnc(CNC2CC2)c1. The van der Waals surface area contributed by atoms with Crippen molar-refractivity contribution in [1.82, 2.24) is 14.9 Å². The molecule has 16 heavy (non-hydrogen) atoms. The quantitative estimate of drug-likeness (QED) is 0.752. The van der Waals surface area contributed by atoms with Gasteiger partial charge in [0.1, 0.15) is 6.04 Å². The fourth-order valence-corrected chi connectivity index (χ4v) is 1.51. The van der Waals surface area contributed by atoms with Crippen LogP contribution >= 0.6 is 0 Å². The van der Waals surface area contributed by atoms with Crippen LogP contribution in [0, 0.1) is 0 Å². The van der Waals surface area contributed by atoms with Crippen LogP contribution in [0.4, 0.5) is 0 Å². The first-order valence-electron chi connectivity index (χ1n) is 5.54. The van der Waals surface area contributed by atoms with Crippen LogP contribution < -0.4 is 5.32 Å². The van der Waals surface area contributed by atoms with Gasteiger partial charge in [0.25, 0.3) is 0 Å². The van der Waals surface area contributed by atoms with E-state index >= 15 is 0 Å². The first kappa shape index (κ1) is 11.1. The number of ether oxygens (including phenoxy) is 1. The third-order valence-electron chi connectivity index (χ3n) is 2.79. The van der Waals surface area contributed by atoms with Gasteiger partial charge < -0.3 is 14.6 Å². The molecule has 1 N–H and O–H groups in total. The number of hydrogen-bond acceptors (Lipinski definition) is 4. The molecule has 1 unspecified atom stereocenters. The Morgan fingerprint density at radius 3 is 3.12 bits per heavy atom. The minimum Gasteiger partial charge on any atom is -0.467 e. The molecule has 2 rings (SSSR count). The van der Waals surface area contributed by atoms with Gasteiger partial charge in [0.15, 0.2) is 0 Å². The Balaban J connectivity index is 1.92. The number of nitrogens with one attached hydrogen (secondary N) is 1. The maximum Gasteiger partial charge on any atom is 0.328 e. The molecule has 0 spiro atoms. The van der Waals surface area contributed by atoms with Crippen molar-refractivity contribution >= 4 is 5.97 Å². The molecule has 1 atom stereocenters. The molecule has 1 aromatic heterocycles. The number of nitrogens with zero attached hydrogens (tertiary/aromatic N) is 2. The summed E-state index contributed by atoms with van der Waals surface area (Å²) in [5.74, 6) is -0.251. The van der Waals surface area contributed by atoms with E-state index in [-0.39, 0.29) is 12.0 Å². The fraction of sp³-hybridized carbons (Fsp3) is 0.636. The molecule has 1 aliphatic rings. The van der Waals surface area contributed by atoms with E-state index in [1.165, 1.54) is 20.0 Å². The van der Waals surface area contributed by atoms with Crippen LogP contribution in [0.5, 0.6) is 0 Å². The normalized spacial score (nSPS) is 17.1. The van der Waals surface area contributed by atoms with Crippen molar-refractivity contribution in [3.05, 3.63) is 18.2 Å². The molecule has 0 aromatic carbocycles. The maximum atomic E-state index is 11.3. The van der Waals surface area contributed by atoms with Gasteiger partial charge in [-0.25, -0.2) is 9.78 Å². The number of methoxy groups -OCH3 is 1. The standard InChI is InChI=1S/C11H17N3O2/c1-8(11(15)16-2)14-6-10(13-7-14)5-12-9-3-4-9/h6-9,12H,3-5H2,1-2H3. The Hall–Kier alpha value is -1.36. The van der Waals surface area contributed by atoms with Crippen LogP contribution in [0.15, 0.2) is 12.5 Å². The van der Waals surface area contributed by atoms with E-state index in [1.54, 1.807) is 17.8 Å². The summed E-state index contributed by atoms with van der Waals surface area (Å²) in [4.78, 5) is 15.6. The molecule has 5 heteroatoms. The third kappa shape index (κ3) is 2.61. The van der Waals surface area contributed by atoms with Crippen LogP contribution in [0.1, 0.15) is 31.5 Å². The average Bonchev–Trinajstić information content (AvgIpc) is 3.02. The largest absolute Gasteiger partial charge is 0.467 e. The van der Waals surface area contributed by atoms with Crippen molar-refractivity contribution in [1.29, 1.82) is 0 Å². The van der Waals surface area contributed by atoms with Gasteiger partial charge in [0.05, 0.1) is 19.1 Å². The molecule has 0 radical (unpaired) electrons. The van der Waals surface area contributed by atoms with Crippen LogP contribution in [-0.2, 0) is 16.1 Å². The van der Waals surface area contributed by atoms with Gasteiger partial charge in [-0.1, -0.05) is 0 Å². The lowest BCUT2D eigenvalue weighted by Gasteiger charge is -2.09. The number of carbonyl (C=O) groups excluding carboxylic acids is 1. The number of rotatable bonds is 5. The minimum absolute atomic E-state index is 0.251. The van der Waals surface area contributed by atoms with Crippen LogP contribution in [0.25, 0.3) is 0 Å². The summed E-state index contributed by atoms with van der Waals surface area (Å²) in [6, 6.07) is 0.357. The lowest BCUT2D eigenvalue weighted by Crippen LogP contribution is -2.17. The summed E-state index contributed by atoms with van der Waals surface area (Å²) in [6.07, 6.45) is 6.08. The van der Waals surface area contributed by atoms with Crippen LogP contribution in [0.3, 0.4) is 0 Å². The van der Waals surface area contributed by atoms with Crippen molar-refractivity contribution in [3.8, 4) is 0 Å². The highest BCUT2D eigenvalue weighted by atomic mass is 16.5. The molecule has 5 nitrogen and oxygen atoms in total. The summed E-state index contributed by atoms with van der Waals surface area (Å²) in [5.41, 5.74) is 0.961. The average molecular weight is 223 g/mol. The number of esters is 1. The second kappa shape index (κ2) is 4.65. The van der Waals surface area contributed by atoms with E-state index in [1.807, 2.05) is 6.20 Å². The van der Waals surface area contributed by atoms with E-state index in [2.05, 4.69) is 15.0 Å². The van der Waals surface area contributed by atoms with Crippen molar-refractivity contribution < 1.29 is 9.53 Å². The maximum absolute atomic E-state index is 11.3. The number of hydrogen-bond donors (Lipinski definition) is 1. The molecule has 1 fully saturated rings. The van der Waals surface area contributed by atoms with Gasteiger partial charge in [0.2, 0.25) is 0 Å². The molecular weight excluding hydrogens is 206 g/mol. The summed E-state index contributed by atoms with van der Waals surface area (Å²) in [7, 11) is 1.39.